The summed E-state index contributed by atoms with van der Waals surface area (Å²) in [6.45, 7) is -0.272. The van der Waals surface area contributed by atoms with E-state index in [0.717, 1.165) is 0 Å². The zero-order valence-corrected chi connectivity index (χ0v) is 23.4. The van der Waals surface area contributed by atoms with Crippen LogP contribution in [0.4, 0.5) is 0 Å². The topological polar surface area (TPSA) is 242 Å². The van der Waals surface area contributed by atoms with Crippen molar-refractivity contribution in [2.75, 3.05) is 33.7 Å². The number of carboxylic acid groups (broad SMARTS) is 1. The Hall–Kier alpha value is -3.95. The van der Waals surface area contributed by atoms with Crippen molar-refractivity contribution in [2.45, 2.75) is 75.2 Å². The summed E-state index contributed by atoms with van der Waals surface area (Å²) in [5, 5.41) is 19.6. The lowest BCUT2D eigenvalue weighted by molar-refractivity contribution is -0.145. The summed E-state index contributed by atoms with van der Waals surface area (Å²) >= 11 is 0. The second kappa shape index (κ2) is 14.1. The van der Waals surface area contributed by atoms with Crippen LogP contribution in [0.25, 0.3) is 0 Å². The molecule has 3 rings (SSSR count). The van der Waals surface area contributed by atoms with Crippen molar-refractivity contribution in [3.05, 3.63) is 0 Å². The highest BCUT2D eigenvalue weighted by atomic mass is 16.4. The predicted molar refractivity (Wildman–Crippen MR) is 146 cm³/mol. The summed E-state index contributed by atoms with van der Waals surface area (Å²) in [6, 6.07) is -4.06. The van der Waals surface area contributed by atoms with Crippen LogP contribution >= 0.6 is 0 Å². The first kappa shape index (κ1) is 31.6. The molecule has 41 heavy (non-hydrogen) atoms. The Bertz CT molecular complexity index is 1060. The molecule has 0 unspecified atom stereocenters. The first-order valence-corrected chi connectivity index (χ1v) is 13.8. The third-order valence-corrected chi connectivity index (χ3v) is 7.76. The molecule has 0 aliphatic carbocycles. The minimum absolute atomic E-state index is 0.0748. The normalized spacial score (nSPS) is 29.6. The summed E-state index contributed by atoms with van der Waals surface area (Å²) in [6.07, 6.45) is 2.05. The number of fused-ring (bicyclic) bond motifs is 2. The molecule has 0 spiro atoms. The Labute approximate surface area is 238 Å². The molecule has 0 aromatic rings. The zero-order valence-electron chi connectivity index (χ0n) is 23.4. The highest BCUT2D eigenvalue weighted by molar-refractivity contribution is 5.96. The molecule has 16 heteroatoms. The molecule has 228 valence electrons. The Balaban J connectivity index is 1.94. The van der Waals surface area contributed by atoms with Gasteiger partial charge >= 0.3 is 5.97 Å². The SMILES string of the molecule is CN(C)[C@@H]1C(=O)N2[C@H]3CC[C@H]1CNC(=O)[C@H](CC(=O)O)NC(=O)CNC(=O)[C@H](CCCN=C(N)N)NC(=O)[C@@H]2CC3. The number of nitrogens with one attached hydrogen (secondary N) is 4. The maximum absolute atomic E-state index is 13.9. The molecule has 5 amide bonds. The molecule has 3 aliphatic rings. The van der Waals surface area contributed by atoms with E-state index in [0.29, 0.717) is 32.1 Å². The summed E-state index contributed by atoms with van der Waals surface area (Å²) in [7, 11) is 3.49. The minimum Gasteiger partial charge on any atom is -0.481 e. The summed E-state index contributed by atoms with van der Waals surface area (Å²) in [4.78, 5) is 84.8. The predicted octanol–water partition coefficient (Wildman–Crippen LogP) is -3.57. The van der Waals surface area contributed by atoms with E-state index < -0.39 is 66.7 Å². The summed E-state index contributed by atoms with van der Waals surface area (Å²) < 4.78 is 0. The van der Waals surface area contributed by atoms with Crippen molar-refractivity contribution in [1.82, 2.24) is 31.1 Å². The molecular formula is C25H41N9O7. The van der Waals surface area contributed by atoms with Crippen molar-refractivity contribution in [3.8, 4) is 0 Å². The van der Waals surface area contributed by atoms with Gasteiger partial charge in [0.05, 0.1) is 19.0 Å². The summed E-state index contributed by atoms with van der Waals surface area (Å²) in [5.41, 5.74) is 10.7. The quantitative estimate of drug-likeness (QED) is 0.0889. The number of hydrogen-bond acceptors (Lipinski definition) is 8. The number of aliphatic carboxylic acids is 1. The van der Waals surface area contributed by atoms with Gasteiger partial charge in [-0.2, -0.15) is 0 Å². The average Bonchev–Trinajstić information content (AvgIpc) is 3.26. The Morgan fingerprint density at radius 1 is 0.976 bits per heavy atom. The first-order chi connectivity index (χ1) is 19.4. The van der Waals surface area contributed by atoms with Crippen LogP contribution in [0.3, 0.4) is 0 Å². The van der Waals surface area contributed by atoms with Crippen LogP contribution in [-0.4, -0.2) is 120 Å². The summed E-state index contributed by atoms with van der Waals surface area (Å²) in [5.74, 6) is -4.60. The molecule has 6 atom stereocenters. The van der Waals surface area contributed by atoms with Gasteiger partial charge < -0.3 is 42.7 Å². The second-order valence-corrected chi connectivity index (χ2v) is 10.9. The van der Waals surface area contributed by atoms with Gasteiger partial charge in [0.25, 0.3) is 0 Å². The molecule has 0 aromatic heterocycles. The number of amides is 5. The average molecular weight is 580 g/mol. The maximum Gasteiger partial charge on any atom is 0.305 e. The molecule has 3 saturated heterocycles. The van der Waals surface area contributed by atoms with Crippen molar-refractivity contribution in [3.63, 3.8) is 0 Å². The molecule has 2 bridgehead atoms. The van der Waals surface area contributed by atoms with Gasteiger partial charge in [0.1, 0.15) is 18.1 Å². The van der Waals surface area contributed by atoms with Gasteiger partial charge in [-0.3, -0.25) is 38.7 Å². The minimum atomic E-state index is -1.39. The molecule has 0 aromatic carbocycles. The Kier molecular flexibility index (Phi) is 10.9. The number of carboxylic acids is 1. The van der Waals surface area contributed by atoms with Gasteiger partial charge in [0, 0.05) is 25.0 Å². The van der Waals surface area contributed by atoms with Gasteiger partial charge in [-0.1, -0.05) is 0 Å². The van der Waals surface area contributed by atoms with Crippen molar-refractivity contribution >= 4 is 41.5 Å². The molecule has 0 saturated carbocycles. The fourth-order valence-electron chi connectivity index (χ4n) is 5.85. The van der Waals surface area contributed by atoms with Crippen LogP contribution < -0.4 is 32.7 Å². The van der Waals surface area contributed by atoms with E-state index in [1.54, 1.807) is 23.9 Å². The number of carbonyl (C=O) groups excluding carboxylic acids is 5. The Morgan fingerprint density at radius 2 is 1.66 bits per heavy atom. The molecule has 3 heterocycles. The van der Waals surface area contributed by atoms with Crippen LogP contribution in [-0.2, 0) is 28.8 Å². The third-order valence-electron chi connectivity index (χ3n) is 7.76. The number of nitrogens with two attached hydrogens (primary N) is 2. The second-order valence-electron chi connectivity index (χ2n) is 10.9. The molecule has 3 fully saturated rings. The smallest absolute Gasteiger partial charge is 0.305 e. The van der Waals surface area contributed by atoms with Crippen LogP contribution in [0.1, 0.15) is 44.9 Å². The van der Waals surface area contributed by atoms with E-state index in [2.05, 4.69) is 26.3 Å². The number of carbonyl (C=O) groups is 6. The Morgan fingerprint density at radius 3 is 2.32 bits per heavy atom. The standard InChI is InChI=1S/C25H41N9O7/c1-33(2)20-13-5-6-14-7-8-17(34(14)24(20)41)23(40)32-15(4-3-9-28-25(26)27)21(38)30-12-18(35)31-16(10-19(36)37)22(39)29-11-13/h13-17,20H,3-12H2,1-2H3,(H,29,39)(H,30,38)(H,31,35)(H,32,40)(H,36,37)(H4,26,27,28)/t13-,14-,15-,16-,17-,20-/m0/s1. The third kappa shape index (κ3) is 8.28. The molecular weight excluding hydrogens is 538 g/mol. The number of aliphatic imine (C=N–C) groups is 1. The number of nitrogens with zero attached hydrogens (tertiary/aromatic N) is 3. The van der Waals surface area contributed by atoms with Crippen LogP contribution in [0.5, 0.6) is 0 Å². The van der Waals surface area contributed by atoms with Gasteiger partial charge in [-0.25, -0.2) is 0 Å². The van der Waals surface area contributed by atoms with E-state index in [1.807, 2.05) is 0 Å². The van der Waals surface area contributed by atoms with E-state index in [-0.39, 0.29) is 43.3 Å². The monoisotopic (exact) mass is 579 g/mol. The van der Waals surface area contributed by atoms with Gasteiger partial charge in [0.2, 0.25) is 29.5 Å². The maximum atomic E-state index is 13.9. The van der Waals surface area contributed by atoms with E-state index >= 15 is 0 Å². The number of likely N-dealkylation sites (N-methyl/N-ethyl adjacent to an activating group) is 1. The molecule has 0 radical (unpaired) electrons. The highest BCUT2D eigenvalue weighted by Crippen LogP contribution is 2.35. The van der Waals surface area contributed by atoms with Gasteiger partial charge in [0.15, 0.2) is 5.96 Å². The lowest BCUT2D eigenvalue weighted by Crippen LogP contribution is -2.58. The van der Waals surface area contributed by atoms with E-state index in [4.69, 9.17) is 11.5 Å². The molecule has 16 nitrogen and oxygen atoms in total. The van der Waals surface area contributed by atoms with Crippen molar-refractivity contribution < 1.29 is 33.9 Å². The van der Waals surface area contributed by atoms with Crippen molar-refractivity contribution in [2.24, 2.45) is 22.4 Å². The fourth-order valence-corrected chi connectivity index (χ4v) is 5.85. The number of rotatable bonds is 7. The van der Waals surface area contributed by atoms with Crippen LogP contribution in [0, 0.1) is 5.92 Å². The molecule has 9 N–H and O–H groups in total. The lowest BCUT2D eigenvalue weighted by Gasteiger charge is -2.35. The fraction of sp³-hybridized carbons (Fsp3) is 0.720. The lowest BCUT2D eigenvalue weighted by atomic mass is 9.92. The van der Waals surface area contributed by atoms with E-state index in [9.17, 15) is 33.9 Å². The van der Waals surface area contributed by atoms with Crippen molar-refractivity contribution in [1.29, 1.82) is 0 Å². The first-order valence-electron chi connectivity index (χ1n) is 13.8. The highest BCUT2D eigenvalue weighted by Gasteiger charge is 2.48. The zero-order chi connectivity index (χ0) is 30.3. The van der Waals surface area contributed by atoms with Gasteiger partial charge in [-0.15, -0.1) is 0 Å². The van der Waals surface area contributed by atoms with E-state index in [1.165, 1.54) is 0 Å². The largest absolute Gasteiger partial charge is 0.481 e. The van der Waals surface area contributed by atoms with Crippen LogP contribution in [0.2, 0.25) is 0 Å². The molecule has 3 aliphatic heterocycles. The number of hydrogen-bond donors (Lipinski definition) is 7. The van der Waals surface area contributed by atoms with Gasteiger partial charge in [-0.05, 0) is 52.6 Å². The van der Waals surface area contributed by atoms with Crippen LogP contribution in [0.15, 0.2) is 4.99 Å². The number of guanidine groups is 1.